The minimum Gasteiger partial charge on any atom is -0.494 e. The van der Waals surface area contributed by atoms with Crippen LogP contribution in [0.15, 0.2) is 102 Å². The van der Waals surface area contributed by atoms with Crippen molar-refractivity contribution >= 4 is 27.5 Å². The molecule has 1 atom stereocenters. The molecule has 0 bridgehead atoms. The first-order valence-electron chi connectivity index (χ1n) is 15.8. The fourth-order valence-corrected chi connectivity index (χ4v) is 6.66. The third-order valence-corrected chi connectivity index (χ3v) is 9.40. The Kier molecular flexibility index (Phi) is 12.6. The molecule has 260 valence electrons. The number of methoxy groups -OCH3 is 2. The van der Waals surface area contributed by atoms with Crippen LogP contribution in [-0.2, 0) is 32.6 Å². The standard InChI is InChI=1S/C37H42FN3O7S/c1-6-48-31-18-16-30(17-19-31)41(49(44,45)32-20-21-34(46-4)35(23-32)47-5)25-36(42)40(24-28-12-14-29(38)15-13-28)33(37(43)39-26(2)3)22-27-10-8-7-9-11-27/h7-21,23,26,33H,6,22,24-25H2,1-5H3,(H,39,43). The molecule has 0 aliphatic rings. The molecule has 12 heteroatoms. The monoisotopic (exact) mass is 691 g/mol. The number of nitrogens with one attached hydrogen (secondary N) is 1. The average Bonchev–Trinajstić information content (AvgIpc) is 3.09. The van der Waals surface area contributed by atoms with Gasteiger partial charge in [-0.15, -0.1) is 0 Å². The summed E-state index contributed by atoms with van der Waals surface area (Å²) in [7, 11) is -1.58. The Labute approximate surface area is 287 Å². The predicted octanol–water partition coefficient (Wildman–Crippen LogP) is 5.60. The molecule has 1 N–H and O–H groups in total. The molecule has 1 unspecified atom stereocenters. The van der Waals surface area contributed by atoms with Gasteiger partial charge in [0.15, 0.2) is 11.5 Å². The summed E-state index contributed by atoms with van der Waals surface area (Å²) in [5.74, 6) is -0.481. The summed E-state index contributed by atoms with van der Waals surface area (Å²) in [6, 6.07) is 24.0. The number of carbonyl (C=O) groups excluding carboxylic acids is 2. The molecule has 0 aromatic heterocycles. The second kappa shape index (κ2) is 16.8. The maximum atomic E-state index is 14.6. The number of sulfonamides is 1. The van der Waals surface area contributed by atoms with Crippen LogP contribution in [0.5, 0.6) is 17.2 Å². The fourth-order valence-electron chi connectivity index (χ4n) is 5.23. The van der Waals surface area contributed by atoms with E-state index in [0.717, 1.165) is 9.87 Å². The van der Waals surface area contributed by atoms with Crippen molar-refractivity contribution in [3.63, 3.8) is 0 Å². The Morgan fingerprint density at radius 2 is 1.49 bits per heavy atom. The molecule has 0 saturated carbocycles. The molecule has 0 fully saturated rings. The topological polar surface area (TPSA) is 114 Å². The number of hydrogen-bond acceptors (Lipinski definition) is 7. The lowest BCUT2D eigenvalue weighted by Gasteiger charge is -2.34. The largest absolute Gasteiger partial charge is 0.494 e. The average molecular weight is 692 g/mol. The van der Waals surface area contributed by atoms with E-state index in [-0.39, 0.29) is 35.3 Å². The lowest BCUT2D eigenvalue weighted by Crippen LogP contribution is -2.54. The van der Waals surface area contributed by atoms with Crippen LogP contribution in [0.2, 0.25) is 0 Å². The number of amides is 2. The van der Waals surface area contributed by atoms with Crippen molar-refractivity contribution < 1.29 is 36.6 Å². The molecule has 4 aromatic rings. The van der Waals surface area contributed by atoms with Crippen LogP contribution in [-0.4, -0.2) is 64.6 Å². The van der Waals surface area contributed by atoms with Crippen molar-refractivity contribution in [2.45, 2.75) is 50.7 Å². The van der Waals surface area contributed by atoms with Gasteiger partial charge in [0.2, 0.25) is 11.8 Å². The zero-order valence-corrected chi connectivity index (χ0v) is 29.1. The number of halogens is 1. The van der Waals surface area contributed by atoms with Gasteiger partial charge in [-0.05, 0) is 80.4 Å². The summed E-state index contributed by atoms with van der Waals surface area (Å²) in [5, 5.41) is 2.91. The Balaban J connectivity index is 1.83. The minimum atomic E-state index is -4.41. The molecule has 0 aliphatic heterocycles. The fraction of sp³-hybridized carbons (Fsp3) is 0.297. The number of ether oxygens (including phenoxy) is 3. The van der Waals surface area contributed by atoms with Gasteiger partial charge in [-0.2, -0.15) is 0 Å². The van der Waals surface area contributed by atoms with Gasteiger partial charge in [0.25, 0.3) is 10.0 Å². The van der Waals surface area contributed by atoms with Crippen molar-refractivity contribution in [1.29, 1.82) is 0 Å². The number of hydrogen-bond donors (Lipinski definition) is 1. The van der Waals surface area contributed by atoms with Gasteiger partial charge in [-0.25, -0.2) is 12.8 Å². The van der Waals surface area contributed by atoms with Crippen LogP contribution in [0, 0.1) is 5.82 Å². The Morgan fingerprint density at radius 3 is 2.08 bits per heavy atom. The first-order valence-corrected chi connectivity index (χ1v) is 17.3. The molecule has 0 aliphatic carbocycles. The van der Waals surface area contributed by atoms with Crippen molar-refractivity contribution in [3.8, 4) is 17.2 Å². The predicted molar refractivity (Wildman–Crippen MR) is 186 cm³/mol. The number of anilines is 1. The van der Waals surface area contributed by atoms with E-state index < -0.39 is 40.2 Å². The second-order valence-corrected chi connectivity index (χ2v) is 13.3. The summed E-state index contributed by atoms with van der Waals surface area (Å²) in [6.07, 6.45) is 0.151. The summed E-state index contributed by atoms with van der Waals surface area (Å²) < 4.78 is 59.9. The summed E-state index contributed by atoms with van der Waals surface area (Å²) >= 11 is 0. The van der Waals surface area contributed by atoms with Gasteiger partial charge in [0.1, 0.15) is 24.2 Å². The maximum absolute atomic E-state index is 14.6. The van der Waals surface area contributed by atoms with Crippen LogP contribution in [0.25, 0.3) is 0 Å². The molecular formula is C37H42FN3O7S. The highest BCUT2D eigenvalue weighted by atomic mass is 32.2. The van der Waals surface area contributed by atoms with Crippen molar-refractivity contribution in [2.75, 3.05) is 31.7 Å². The zero-order chi connectivity index (χ0) is 35.6. The van der Waals surface area contributed by atoms with E-state index in [9.17, 15) is 22.4 Å². The lowest BCUT2D eigenvalue weighted by atomic mass is 10.0. The third-order valence-electron chi connectivity index (χ3n) is 7.63. The number of rotatable bonds is 16. The first kappa shape index (κ1) is 36.7. The van der Waals surface area contributed by atoms with Gasteiger partial charge < -0.3 is 24.4 Å². The van der Waals surface area contributed by atoms with Crippen LogP contribution in [0.4, 0.5) is 10.1 Å². The second-order valence-electron chi connectivity index (χ2n) is 11.5. The summed E-state index contributed by atoms with van der Waals surface area (Å²) in [4.78, 5) is 29.6. The van der Waals surface area contributed by atoms with Crippen molar-refractivity contribution in [3.05, 3.63) is 114 Å². The highest BCUT2D eigenvalue weighted by Crippen LogP contribution is 2.33. The molecule has 10 nitrogen and oxygen atoms in total. The van der Waals surface area contributed by atoms with E-state index >= 15 is 0 Å². The van der Waals surface area contributed by atoms with Crippen LogP contribution in [0.3, 0.4) is 0 Å². The van der Waals surface area contributed by atoms with Gasteiger partial charge in [0, 0.05) is 25.1 Å². The van der Waals surface area contributed by atoms with Gasteiger partial charge in [-0.3, -0.25) is 13.9 Å². The summed E-state index contributed by atoms with van der Waals surface area (Å²) in [6.45, 7) is 5.12. The van der Waals surface area contributed by atoms with E-state index in [0.29, 0.717) is 23.7 Å². The molecule has 4 rings (SSSR count). The molecule has 0 radical (unpaired) electrons. The Hall–Kier alpha value is -5.10. The quantitative estimate of drug-likeness (QED) is 0.163. The Bertz CT molecular complexity index is 1800. The van der Waals surface area contributed by atoms with E-state index in [1.807, 2.05) is 51.1 Å². The number of nitrogens with zero attached hydrogens (tertiary/aromatic N) is 2. The lowest BCUT2D eigenvalue weighted by molar-refractivity contribution is -0.140. The van der Waals surface area contributed by atoms with E-state index in [1.54, 1.807) is 24.3 Å². The molecule has 0 spiro atoms. The SMILES string of the molecule is CCOc1ccc(N(CC(=O)N(Cc2ccc(F)cc2)C(Cc2ccccc2)C(=O)NC(C)C)S(=O)(=O)c2ccc(OC)c(OC)c2)cc1. The highest BCUT2D eigenvalue weighted by Gasteiger charge is 2.35. The van der Waals surface area contributed by atoms with E-state index in [2.05, 4.69) is 5.32 Å². The molecule has 0 saturated heterocycles. The highest BCUT2D eigenvalue weighted by molar-refractivity contribution is 7.92. The summed E-state index contributed by atoms with van der Waals surface area (Å²) in [5.41, 5.74) is 1.55. The first-order chi connectivity index (χ1) is 23.5. The normalized spacial score (nSPS) is 11.8. The van der Waals surface area contributed by atoms with E-state index in [4.69, 9.17) is 14.2 Å². The van der Waals surface area contributed by atoms with E-state index in [1.165, 1.54) is 61.6 Å². The molecule has 0 heterocycles. The van der Waals surface area contributed by atoms with Crippen molar-refractivity contribution in [1.82, 2.24) is 10.2 Å². The number of benzene rings is 4. The molecular weight excluding hydrogens is 649 g/mol. The zero-order valence-electron chi connectivity index (χ0n) is 28.3. The minimum absolute atomic E-state index is 0.0876. The molecule has 49 heavy (non-hydrogen) atoms. The van der Waals surface area contributed by atoms with Crippen LogP contribution >= 0.6 is 0 Å². The molecule has 2 amide bonds. The number of carbonyl (C=O) groups is 2. The maximum Gasteiger partial charge on any atom is 0.264 e. The van der Waals surface area contributed by atoms with Crippen molar-refractivity contribution in [2.24, 2.45) is 0 Å². The Morgan fingerprint density at radius 1 is 0.837 bits per heavy atom. The smallest absolute Gasteiger partial charge is 0.264 e. The van der Waals surface area contributed by atoms with Gasteiger partial charge >= 0.3 is 0 Å². The van der Waals surface area contributed by atoms with Crippen LogP contribution in [0.1, 0.15) is 31.9 Å². The van der Waals surface area contributed by atoms with Gasteiger partial charge in [-0.1, -0.05) is 42.5 Å². The van der Waals surface area contributed by atoms with Crippen LogP contribution < -0.4 is 23.8 Å². The van der Waals surface area contributed by atoms with Gasteiger partial charge in [0.05, 0.1) is 31.4 Å². The molecule has 4 aromatic carbocycles. The third kappa shape index (κ3) is 9.50.